The van der Waals surface area contributed by atoms with Gasteiger partial charge in [0.05, 0.1) is 11.8 Å². The zero-order chi connectivity index (χ0) is 18.5. The minimum Gasteiger partial charge on any atom is -0.354 e. The molecule has 0 aromatic heterocycles. The first kappa shape index (κ1) is 19.9. The Bertz CT molecular complexity index is 694. The highest BCUT2D eigenvalue weighted by molar-refractivity contribution is 7.90. The topological polar surface area (TPSA) is 89.3 Å². The van der Waals surface area contributed by atoms with Crippen LogP contribution in [0, 0.1) is 6.92 Å². The lowest BCUT2D eigenvalue weighted by atomic mass is 9.68. The molecule has 5 nitrogen and oxygen atoms in total. The predicted octanol–water partition coefficient (Wildman–Crippen LogP) is 2.08. The Morgan fingerprint density at radius 2 is 1.88 bits per heavy atom. The van der Waals surface area contributed by atoms with E-state index in [2.05, 4.69) is 30.4 Å². The van der Waals surface area contributed by atoms with Crippen LogP contribution in [-0.4, -0.2) is 38.9 Å². The predicted molar refractivity (Wildman–Crippen MR) is 101 cm³/mol. The number of sulfone groups is 1. The fourth-order valence-corrected chi connectivity index (χ4v) is 4.48. The molecule has 0 spiro atoms. The van der Waals surface area contributed by atoms with Gasteiger partial charge < -0.3 is 11.1 Å². The molecule has 1 aromatic rings. The van der Waals surface area contributed by atoms with Crippen molar-refractivity contribution < 1.29 is 13.2 Å². The van der Waals surface area contributed by atoms with Crippen LogP contribution in [0.1, 0.15) is 49.7 Å². The number of amides is 1. The fourth-order valence-electron chi connectivity index (χ4n) is 3.80. The number of aryl methyl sites for hydroxylation is 1. The van der Waals surface area contributed by atoms with E-state index in [9.17, 15) is 13.2 Å². The molecule has 1 aromatic carbocycles. The molecular weight excluding hydrogens is 336 g/mol. The monoisotopic (exact) mass is 366 g/mol. The number of hydrogen-bond donors (Lipinski definition) is 2. The van der Waals surface area contributed by atoms with Crippen LogP contribution in [-0.2, 0) is 20.0 Å². The minimum absolute atomic E-state index is 0.0458. The van der Waals surface area contributed by atoms with Gasteiger partial charge in [-0.25, -0.2) is 8.42 Å². The zero-order valence-electron chi connectivity index (χ0n) is 15.3. The van der Waals surface area contributed by atoms with Crippen molar-refractivity contribution in [1.29, 1.82) is 0 Å². The van der Waals surface area contributed by atoms with Gasteiger partial charge in [-0.05, 0) is 37.3 Å². The quantitative estimate of drug-likeness (QED) is 0.773. The third kappa shape index (κ3) is 5.54. The Morgan fingerprint density at radius 3 is 2.48 bits per heavy atom. The van der Waals surface area contributed by atoms with Gasteiger partial charge in [0.2, 0.25) is 5.91 Å². The van der Waals surface area contributed by atoms with E-state index in [1.54, 1.807) is 0 Å². The standard InChI is InChI=1S/C19H30N2O3S/c1-15-8-4-5-9-16(15)19(11-6-3-7-12-19)14-21-18(22)17(20)10-13-25(2,23)24/h4-5,8-9,17H,3,6-7,10-14,20H2,1-2H3,(H,21,22). The lowest BCUT2D eigenvalue weighted by Crippen LogP contribution is -2.48. The first-order valence-corrected chi connectivity index (χ1v) is 11.1. The summed E-state index contributed by atoms with van der Waals surface area (Å²) >= 11 is 0. The Morgan fingerprint density at radius 1 is 1.24 bits per heavy atom. The number of rotatable bonds is 7. The highest BCUT2D eigenvalue weighted by atomic mass is 32.2. The first-order valence-electron chi connectivity index (χ1n) is 9.01. The number of nitrogens with one attached hydrogen (secondary N) is 1. The van der Waals surface area contributed by atoms with Crippen molar-refractivity contribution in [2.75, 3.05) is 18.6 Å². The number of carbonyl (C=O) groups excluding carboxylic acids is 1. The van der Waals surface area contributed by atoms with E-state index < -0.39 is 15.9 Å². The molecule has 1 aliphatic rings. The fraction of sp³-hybridized carbons (Fsp3) is 0.632. The van der Waals surface area contributed by atoms with Crippen LogP contribution in [0.4, 0.5) is 0 Å². The number of nitrogens with two attached hydrogens (primary N) is 1. The van der Waals surface area contributed by atoms with Crippen LogP contribution >= 0.6 is 0 Å². The highest BCUT2D eigenvalue weighted by Gasteiger charge is 2.35. The summed E-state index contributed by atoms with van der Waals surface area (Å²) in [7, 11) is -3.11. The molecule has 0 bridgehead atoms. The molecule has 1 fully saturated rings. The molecule has 1 atom stereocenters. The van der Waals surface area contributed by atoms with Crippen molar-refractivity contribution in [3.63, 3.8) is 0 Å². The van der Waals surface area contributed by atoms with Crippen molar-refractivity contribution in [2.45, 2.75) is 56.9 Å². The number of benzene rings is 1. The van der Waals surface area contributed by atoms with E-state index in [-0.39, 0.29) is 23.5 Å². The second-order valence-corrected chi connectivity index (χ2v) is 9.66. The maximum absolute atomic E-state index is 12.3. The van der Waals surface area contributed by atoms with Gasteiger partial charge in [-0.15, -0.1) is 0 Å². The van der Waals surface area contributed by atoms with Crippen molar-refractivity contribution in [3.05, 3.63) is 35.4 Å². The number of hydrogen-bond acceptors (Lipinski definition) is 4. The SMILES string of the molecule is Cc1ccccc1C1(CNC(=O)C(N)CCS(C)(=O)=O)CCCCC1. The average Bonchev–Trinajstić information content (AvgIpc) is 2.58. The molecule has 1 aliphatic carbocycles. The van der Waals surface area contributed by atoms with Crippen LogP contribution in [0.2, 0.25) is 0 Å². The Labute approximate surface area is 151 Å². The van der Waals surface area contributed by atoms with Crippen molar-refractivity contribution in [2.24, 2.45) is 5.73 Å². The molecule has 2 rings (SSSR count). The van der Waals surface area contributed by atoms with E-state index in [1.807, 2.05) is 6.07 Å². The van der Waals surface area contributed by atoms with Gasteiger partial charge in [0.1, 0.15) is 9.84 Å². The smallest absolute Gasteiger partial charge is 0.236 e. The summed E-state index contributed by atoms with van der Waals surface area (Å²) in [5.74, 6) is -0.327. The van der Waals surface area contributed by atoms with Crippen molar-refractivity contribution in [3.8, 4) is 0 Å². The van der Waals surface area contributed by atoms with Crippen LogP contribution in [0.15, 0.2) is 24.3 Å². The Hall–Kier alpha value is -1.40. The van der Waals surface area contributed by atoms with E-state index >= 15 is 0 Å². The lowest BCUT2D eigenvalue weighted by Gasteiger charge is -2.39. The molecule has 6 heteroatoms. The molecule has 3 N–H and O–H groups in total. The normalized spacial score (nSPS) is 18.5. The van der Waals surface area contributed by atoms with Gasteiger partial charge in [0, 0.05) is 18.2 Å². The van der Waals surface area contributed by atoms with E-state index in [1.165, 1.54) is 17.5 Å². The molecule has 0 heterocycles. The Kier molecular flexibility index (Phi) is 6.63. The van der Waals surface area contributed by atoms with Gasteiger partial charge in [0.15, 0.2) is 0 Å². The van der Waals surface area contributed by atoms with E-state index in [4.69, 9.17) is 5.73 Å². The summed E-state index contributed by atoms with van der Waals surface area (Å²) in [6, 6.07) is 7.59. The third-order valence-corrected chi connectivity index (χ3v) is 6.24. The summed E-state index contributed by atoms with van der Waals surface area (Å²) in [5.41, 5.74) is 8.38. The van der Waals surface area contributed by atoms with Crippen molar-refractivity contribution in [1.82, 2.24) is 5.32 Å². The van der Waals surface area contributed by atoms with Crippen LogP contribution in [0.5, 0.6) is 0 Å². The minimum atomic E-state index is -3.11. The number of carbonyl (C=O) groups is 1. The van der Waals surface area contributed by atoms with Gasteiger partial charge in [-0.3, -0.25) is 4.79 Å². The molecule has 1 unspecified atom stereocenters. The molecule has 0 saturated heterocycles. The zero-order valence-corrected chi connectivity index (χ0v) is 16.1. The first-order chi connectivity index (χ1) is 11.7. The summed E-state index contributed by atoms with van der Waals surface area (Å²) < 4.78 is 22.5. The molecule has 0 aliphatic heterocycles. The van der Waals surface area contributed by atoms with Crippen LogP contribution < -0.4 is 11.1 Å². The molecule has 0 radical (unpaired) electrons. The highest BCUT2D eigenvalue weighted by Crippen LogP contribution is 2.40. The molecule has 1 saturated carbocycles. The average molecular weight is 367 g/mol. The molecule has 25 heavy (non-hydrogen) atoms. The van der Waals surface area contributed by atoms with Crippen LogP contribution in [0.25, 0.3) is 0 Å². The molecular formula is C19H30N2O3S. The van der Waals surface area contributed by atoms with Gasteiger partial charge in [-0.2, -0.15) is 0 Å². The summed E-state index contributed by atoms with van der Waals surface area (Å²) in [4.78, 5) is 12.3. The lowest BCUT2D eigenvalue weighted by molar-refractivity contribution is -0.122. The van der Waals surface area contributed by atoms with E-state index in [0.717, 1.165) is 31.9 Å². The van der Waals surface area contributed by atoms with Gasteiger partial charge in [0.25, 0.3) is 0 Å². The van der Waals surface area contributed by atoms with Gasteiger partial charge in [-0.1, -0.05) is 43.5 Å². The maximum atomic E-state index is 12.3. The van der Waals surface area contributed by atoms with Crippen molar-refractivity contribution >= 4 is 15.7 Å². The molecule has 1 amide bonds. The summed E-state index contributed by atoms with van der Waals surface area (Å²) in [5, 5.41) is 3.00. The van der Waals surface area contributed by atoms with E-state index in [0.29, 0.717) is 6.54 Å². The third-order valence-electron chi connectivity index (χ3n) is 5.26. The Balaban J connectivity index is 2.06. The van der Waals surface area contributed by atoms with Gasteiger partial charge >= 0.3 is 0 Å². The summed E-state index contributed by atoms with van der Waals surface area (Å²) in [6.07, 6.45) is 6.96. The largest absolute Gasteiger partial charge is 0.354 e. The molecule has 140 valence electrons. The maximum Gasteiger partial charge on any atom is 0.236 e. The second-order valence-electron chi connectivity index (χ2n) is 7.40. The van der Waals surface area contributed by atoms with Crippen LogP contribution in [0.3, 0.4) is 0 Å². The second kappa shape index (κ2) is 8.32. The summed E-state index contributed by atoms with van der Waals surface area (Å²) in [6.45, 7) is 2.68.